The Morgan fingerprint density at radius 3 is 1.52 bits per heavy atom. The maximum atomic E-state index is 14.3. The normalized spacial score (nSPS) is 10.0. The second-order valence-electron chi connectivity index (χ2n) is 6.72. The average molecular weight is 392 g/mol. The minimum atomic E-state index is -0.949. The first-order valence-corrected chi connectivity index (χ1v) is 8.80. The molecule has 0 aromatic heterocycles. The van der Waals surface area contributed by atoms with Crippen molar-refractivity contribution >= 4 is 0 Å². The van der Waals surface area contributed by atoms with Gasteiger partial charge in [-0.3, -0.25) is 0 Å². The van der Waals surface area contributed by atoms with Crippen molar-refractivity contribution in [2.75, 3.05) is 0 Å². The van der Waals surface area contributed by atoms with E-state index in [1.807, 2.05) is 32.0 Å². The maximum Gasteiger partial charge on any atom is 0.143 e. The van der Waals surface area contributed by atoms with Crippen molar-refractivity contribution in [1.29, 1.82) is 0 Å². The predicted octanol–water partition coefficient (Wildman–Crippen LogP) is 5.97. The zero-order chi connectivity index (χ0) is 21.1. The molecule has 0 aliphatic heterocycles. The Kier molecular flexibility index (Phi) is 5.76. The summed E-state index contributed by atoms with van der Waals surface area (Å²) < 4.78 is 56.3. The smallest absolute Gasteiger partial charge is 0.143 e. The minimum absolute atomic E-state index is 0.136. The summed E-state index contributed by atoms with van der Waals surface area (Å²) in [5.74, 6) is 6.28. The summed E-state index contributed by atoms with van der Waals surface area (Å²) in [6, 6.07) is 9.93. The molecular weight excluding hydrogens is 376 g/mol. The molecule has 0 N–H and O–H groups in total. The first-order chi connectivity index (χ1) is 13.7. The fourth-order valence-corrected chi connectivity index (χ4v) is 2.67. The third-order valence-corrected chi connectivity index (χ3v) is 4.40. The lowest BCUT2D eigenvalue weighted by atomic mass is 10.1. The first kappa shape index (κ1) is 20.2. The van der Waals surface area contributed by atoms with Gasteiger partial charge < -0.3 is 0 Å². The second-order valence-corrected chi connectivity index (χ2v) is 6.72. The molecule has 3 aromatic rings. The molecule has 0 saturated carbocycles. The molecule has 0 nitrogen and oxygen atoms in total. The van der Waals surface area contributed by atoms with E-state index < -0.39 is 34.4 Å². The molecule has 0 atom stereocenters. The molecule has 0 amide bonds. The van der Waals surface area contributed by atoms with Gasteiger partial charge in [0.2, 0.25) is 0 Å². The van der Waals surface area contributed by atoms with Crippen LogP contribution >= 0.6 is 0 Å². The molecule has 0 spiro atoms. The van der Waals surface area contributed by atoms with Crippen LogP contribution in [0.25, 0.3) is 0 Å². The molecule has 0 heterocycles. The third kappa shape index (κ3) is 4.68. The van der Waals surface area contributed by atoms with Gasteiger partial charge in [-0.05, 0) is 73.9 Å². The number of halogens is 4. The molecule has 0 radical (unpaired) electrons. The van der Waals surface area contributed by atoms with Gasteiger partial charge >= 0.3 is 0 Å². The van der Waals surface area contributed by atoms with Crippen LogP contribution in [0.1, 0.15) is 38.9 Å². The quantitative estimate of drug-likeness (QED) is 0.327. The van der Waals surface area contributed by atoms with Crippen LogP contribution in [-0.4, -0.2) is 0 Å². The molecule has 0 fully saturated rings. The van der Waals surface area contributed by atoms with E-state index in [0.717, 1.165) is 41.0 Å². The van der Waals surface area contributed by atoms with E-state index in [9.17, 15) is 17.6 Å². The van der Waals surface area contributed by atoms with Crippen molar-refractivity contribution in [3.8, 4) is 23.7 Å². The Balaban J connectivity index is 1.94. The highest BCUT2D eigenvalue weighted by molar-refractivity contribution is 5.50. The topological polar surface area (TPSA) is 0 Å². The molecule has 3 aromatic carbocycles. The fraction of sp³-hybridized carbons (Fsp3) is 0.120. The second kappa shape index (κ2) is 8.25. The number of hydrogen-bond donors (Lipinski definition) is 0. The summed E-state index contributed by atoms with van der Waals surface area (Å²) >= 11 is 0. The summed E-state index contributed by atoms with van der Waals surface area (Å²) in [5.41, 5.74) is 2.33. The van der Waals surface area contributed by atoms with Gasteiger partial charge in [-0.25, -0.2) is 17.6 Å². The lowest BCUT2D eigenvalue weighted by Crippen LogP contribution is -1.95. The van der Waals surface area contributed by atoms with Gasteiger partial charge in [0.15, 0.2) is 0 Å². The Morgan fingerprint density at radius 2 is 1.00 bits per heavy atom. The van der Waals surface area contributed by atoms with Crippen molar-refractivity contribution in [3.05, 3.63) is 105 Å². The largest absolute Gasteiger partial charge is 0.206 e. The third-order valence-electron chi connectivity index (χ3n) is 4.40. The fourth-order valence-electron chi connectivity index (χ4n) is 2.67. The lowest BCUT2D eigenvalue weighted by molar-refractivity contribution is 0.573. The Bertz CT molecular complexity index is 1190. The van der Waals surface area contributed by atoms with E-state index in [-0.39, 0.29) is 5.56 Å². The molecular formula is C25H16F4. The number of aryl methyl sites for hydroxylation is 3. The van der Waals surface area contributed by atoms with Crippen molar-refractivity contribution in [2.45, 2.75) is 20.8 Å². The van der Waals surface area contributed by atoms with Crippen molar-refractivity contribution < 1.29 is 17.6 Å². The highest BCUT2D eigenvalue weighted by Crippen LogP contribution is 2.17. The van der Waals surface area contributed by atoms with Crippen LogP contribution in [0.4, 0.5) is 17.6 Å². The van der Waals surface area contributed by atoms with Crippen LogP contribution in [0.5, 0.6) is 0 Å². The van der Waals surface area contributed by atoms with Gasteiger partial charge in [0.1, 0.15) is 23.3 Å². The Morgan fingerprint density at radius 1 is 0.517 bits per heavy atom. The van der Waals surface area contributed by atoms with Gasteiger partial charge in [-0.2, -0.15) is 0 Å². The number of benzene rings is 3. The van der Waals surface area contributed by atoms with Crippen LogP contribution in [0.2, 0.25) is 0 Å². The molecule has 0 saturated heterocycles. The van der Waals surface area contributed by atoms with Crippen LogP contribution < -0.4 is 0 Å². The Hall–Kier alpha value is -3.50. The van der Waals surface area contributed by atoms with Crippen LogP contribution in [0.15, 0.2) is 42.5 Å². The molecule has 0 bridgehead atoms. The average Bonchev–Trinajstić information content (AvgIpc) is 2.63. The minimum Gasteiger partial charge on any atom is -0.206 e. The van der Waals surface area contributed by atoms with E-state index in [4.69, 9.17) is 0 Å². The molecule has 29 heavy (non-hydrogen) atoms. The zero-order valence-corrected chi connectivity index (χ0v) is 16.1. The van der Waals surface area contributed by atoms with E-state index in [0.29, 0.717) is 5.56 Å². The Labute approximate surface area is 167 Å². The molecule has 0 unspecified atom stereocenters. The predicted molar refractivity (Wildman–Crippen MR) is 105 cm³/mol. The zero-order valence-electron chi connectivity index (χ0n) is 16.1. The van der Waals surface area contributed by atoms with Crippen molar-refractivity contribution in [1.82, 2.24) is 0 Å². The van der Waals surface area contributed by atoms with Gasteiger partial charge in [0, 0.05) is 11.1 Å². The van der Waals surface area contributed by atoms with E-state index in [1.165, 1.54) is 6.92 Å². The van der Waals surface area contributed by atoms with Gasteiger partial charge in [0.25, 0.3) is 0 Å². The van der Waals surface area contributed by atoms with E-state index >= 15 is 0 Å². The van der Waals surface area contributed by atoms with Crippen LogP contribution in [0.3, 0.4) is 0 Å². The van der Waals surface area contributed by atoms with Gasteiger partial charge in [-0.15, -0.1) is 0 Å². The summed E-state index contributed by atoms with van der Waals surface area (Å²) in [4.78, 5) is 0. The molecule has 3 rings (SSSR count). The summed E-state index contributed by atoms with van der Waals surface area (Å²) in [5, 5.41) is 0. The number of hydrogen-bond acceptors (Lipinski definition) is 0. The van der Waals surface area contributed by atoms with E-state index in [1.54, 1.807) is 0 Å². The van der Waals surface area contributed by atoms with Gasteiger partial charge in [-0.1, -0.05) is 29.7 Å². The summed E-state index contributed by atoms with van der Waals surface area (Å²) in [6.45, 7) is 5.46. The SMILES string of the molecule is Cc1cc(F)c(C#Cc2c(F)cc(C#Cc3ccc(C)c(C)c3)cc2F)c(F)c1. The standard InChI is InChI=1S/C25H16F4/c1-15-10-22(26)20(23(27)11-15)8-9-21-24(28)13-19(14-25(21)29)7-6-18-5-4-16(2)17(3)12-18/h4-5,10-14H,1-3H3. The summed E-state index contributed by atoms with van der Waals surface area (Å²) in [7, 11) is 0. The number of rotatable bonds is 0. The van der Waals surface area contributed by atoms with E-state index in [2.05, 4.69) is 23.7 Å². The molecule has 0 aliphatic carbocycles. The molecule has 0 aliphatic rings. The molecule has 4 heteroatoms. The monoisotopic (exact) mass is 392 g/mol. The highest BCUT2D eigenvalue weighted by atomic mass is 19.1. The van der Waals surface area contributed by atoms with Crippen molar-refractivity contribution in [2.24, 2.45) is 0 Å². The van der Waals surface area contributed by atoms with Crippen molar-refractivity contribution in [3.63, 3.8) is 0 Å². The lowest BCUT2D eigenvalue weighted by Gasteiger charge is -2.01. The van der Waals surface area contributed by atoms with Crippen LogP contribution in [-0.2, 0) is 0 Å². The summed E-state index contributed by atoms with van der Waals surface area (Å²) in [6.07, 6.45) is 0. The van der Waals surface area contributed by atoms with Gasteiger partial charge in [0.05, 0.1) is 11.1 Å². The highest BCUT2D eigenvalue weighted by Gasteiger charge is 2.11. The van der Waals surface area contributed by atoms with Crippen LogP contribution in [0, 0.1) is 67.7 Å². The molecule has 144 valence electrons. The first-order valence-electron chi connectivity index (χ1n) is 8.80. The maximum absolute atomic E-state index is 14.3.